The molecule has 0 saturated carbocycles. The zero-order valence-corrected chi connectivity index (χ0v) is 28.0. The molecule has 0 bridgehead atoms. The molecule has 4 heterocycles. The molecule has 10 nitrogen and oxygen atoms in total. The number of guanidine groups is 1. The van der Waals surface area contributed by atoms with Gasteiger partial charge in [-0.2, -0.15) is 31.4 Å². The maximum Gasteiger partial charge on any atom is 0.417 e. The van der Waals surface area contributed by atoms with E-state index in [4.69, 9.17) is 5.73 Å². The Bertz CT molecular complexity index is 2020. The highest BCUT2D eigenvalue weighted by Gasteiger charge is 2.49. The van der Waals surface area contributed by atoms with E-state index >= 15 is 0 Å². The first-order valence-electron chi connectivity index (χ1n) is 16.3. The van der Waals surface area contributed by atoms with Crippen LogP contribution in [0.5, 0.6) is 0 Å². The third kappa shape index (κ3) is 7.48. The molecule has 0 spiro atoms. The largest absolute Gasteiger partial charge is 0.417 e. The molecular weight excluding hydrogens is 697 g/mol. The fourth-order valence-corrected chi connectivity index (χ4v) is 6.41. The summed E-state index contributed by atoms with van der Waals surface area (Å²) in [5.74, 6) is -2.13. The van der Waals surface area contributed by atoms with Crippen molar-refractivity contribution in [2.75, 3.05) is 0 Å². The van der Waals surface area contributed by atoms with E-state index in [0.29, 0.717) is 35.1 Å². The molecule has 2 amide bonds. The summed E-state index contributed by atoms with van der Waals surface area (Å²) in [6, 6.07) is 7.31. The molecule has 0 unspecified atom stereocenters. The van der Waals surface area contributed by atoms with Gasteiger partial charge in [0.1, 0.15) is 5.82 Å². The predicted octanol–water partition coefficient (Wildman–Crippen LogP) is 6.60. The number of rotatable bonds is 10. The van der Waals surface area contributed by atoms with Crippen LogP contribution in [0.15, 0.2) is 66.0 Å². The lowest BCUT2D eigenvalue weighted by Crippen LogP contribution is -2.42. The topological polar surface area (TPSA) is 123 Å². The lowest BCUT2D eigenvalue weighted by molar-refractivity contribution is -0.139. The number of alkyl halides is 6. The van der Waals surface area contributed by atoms with E-state index in [-0.39, 0.29) is 24.2 Å². The Morgan fingerprint density at radius 3 is 2.42 bits per heavy atom. The van der Waals surface area contributed by atoms with E-state index in [1.54, 1.807) is 17.1 Å². The minimum atomic E-state index is -4.92. The lowest BCUT2D eigenvalue weighted by atomic mass is 9.84. The van der Waals surface area contributed by atoms with Crippen molar-refractivity contribution in [1.29, 1.82) is 0 Å². The number of aliphatic imine (C=N–C) groups is 1. The zero-order valence-electron chi connectivity index (χ0n) is 28.0. The van der Waals surface area contributed by atoms with Crippen LogP contribution in [-0.2, 0) is 42.7 Å². The van der Waals surface area contributed by atoms with Gasteiger partial charge >= 0.3 is 12.4 Å². The number of hydrogen-bond acceptors (Lipinski definition) is 7. The molecule has 2 aliphatic heterocycles. The maximum absolute atomic E-state index is 14.2. The van der Waals surface area contributed by atoms with E-state index in [2.05, 4.69) is 20.1 Å². The van der Waals surface area contributed by atoms with Crippen LogP contribution in [0.3, 0.4) is 0 Å². The molecular formula is C35H33F7N8O2. The molecule has 4 aromatic rings. The molecule has 52 heavy (non-hydrogen) atoms. The van der Waals surface area contributed by atoms with Crippen molar-refractivity contribution in [1.82, 2.24) is 29.5 Å². The Kier molecular flexibility index (Phi) is 9.57. The number of aromatic nitrogens is 4. The van der Waals surface area contributed by atoms with Crippen LogP contribution < -0.4 is 5.73 Å². The second-order valence-electron chi connectivity index (χ2n) is 13.2. The molecule has 2 aromatic heterocycles. The number of nitrogens with zero attached hydrogens (tertiary/aromatic N) is 7. The first kappa shape index (κ1) is 36.4. The van der Waals surface area contributed by atoms with Crippen LogP contribution in [0.25, 0.3) is 11.4 Å². The molecule has 0 saturated heterocycles. The smallest absolute Gasteiger partial charge is 0.369 e. The fourth-order valence-electron chi connectivity index (χ4n) is 6.41. The van der Waals surface area contributed by atoms with Crippen molar-refractivity contribution in [2.45, 2.75) is 77.2 Å². The van der Waals surface area contributed by atoms with Gasteiger partial charge in [-0.3, -0.25) is 19.2 Å². The van der Waals surface area contributed by atoms with Crippen LogP contribution in [0.4, 0.5) is 30.7 Å². The second-order valence-corrected chi connectivity index (χ2v) is 13.2. The molecule has 0 fully saturated rings. The second kappa shape index (κ2) is 13.7. The van der Waals surface area contributed by atoms with Gasteiger partial charge in [-0.05, 0) is 54.2 Å². The molecule has 2 aliphatic rings. The standard InChI is InChI=1S/C35H33F7N8O2/c1-20(2)15-49-18-23(14-45-49)29-44-13-22-17-48(19-28(22)46-29)30(51)26-12-21(4-9-27(26)35(40,41)42)16-50-31(52)33(47-32(50)43,10-3-11-34(37,38)39)24-5-7-25(36)8-6-24/h4-9,12-14,18,20H,3,10-11,15-17,19H2,1-2H3,(H2,43,47)/t33-/m1/s1. The molecule has 2 N–H and O–H groups in total. The van der Waals surface area contributed by atoms with Crippen molar-refractivity contribution < 1.29 is 40.3 Å². The van der Waals surface area contributed by atoms with Crippen LogP contribution >= 0.6 is 0 Å². The minimum absolute atomic E-state index is 0.0507. The van der Waals surface area contributed by atoms with Crippen LogP contribution in [-0.4, -0.2) is 53.5 Å². The van der Waals surface area contributed by atoms with Gasteiger partial charge < -0.3 is 10.6 Å². The molecule has 1 atom stereocenters. The van der Waals surface area contributed by atoms with Crippen molar-refractivity contribution in [2.24, 2.45) is 16.6 Å². The quantitative estimate of drug-likeness (QED) is 0.184. The number of nitrogens with two attached hydrogens (primary N) is 1. The van der Waals surface area contributed by atoms with Crippen LogP contribution in [0.1, 0.15) is 71.4 Å². The van der Waals surface area contributed by atoms with Gasteiger partial charge in [0.15, 0.2) is 17.3 Å². The van der Waals surface area contributed by atoms with Gasteiger partial charge in [0.2, 0.25) is 0 Å². The van der Waals surface area contributed by atoms with Gasteiger partial charge in [-0.1, -0.05) is 32.0 Å². The molecule has 6 rings (SSSR count). The Morgan fingerprint density at radius 1 is 1.02 bits per heavy atom. The monoisotopic (exact) mass is 730 g/mol. The number of carbonyl (C=O) groups is 2. The maximum atomic E-state index is 14.2. The zero-order chi connectivity index (χ0) is 37.6. The predicted molar refractivity (Wildman–Crippen MR) is 173 cm³/mol. The molecule has 0 aliphatic carbocycles. The number of amides is 2. The lowest BCUT2D eigenvalue weighted by Gasteiger charge is -2.27. The summed E-state index contributed by atoms with van der Waals surface area (Å²) in [7, 11) is 0. The third-order valence-electron chi connectivity index (χ3n) is 8.85. The summed E-state index contributed by atoms with van der Waals surface area (Å²) in [5.41, 5.74) is 4.15. The molecule has 0 radical (unpaired) electrons. The number of benzene rings is 2. The van der Waals surface area contributed by atoms with Gasteiger partial charge in [0.05, 0.1) is 41.7 Å². The first-order valence-corrected chi connectivity index (χ1v) is 16.3. The van der Waals surface area contributed by atoms with E-state index in [9.17, 15) is 40.3 Å². The van der Waals surface area contributed by atoms with Crippen molar-refractivity contribution in [3.05, 3.63) is 100 Å². The summed E-state index contributed by atoms with van der Waals surface area (Å²) in [6.45, 7) is 4.17. The number of carbonyl (C=O) groups excluding carboxylic acids is 2. The summed E-state index contributed by atoms with van der Waals surface area (Å²) in [6.07, 6.45) is -6.68. The van der Waals surface area contributed by atoms with E-state index < -0.39 is 78.4 Å². The molecule has 17 heteroatoms. The van der Waals surface area contributed by atoms with Crippen molar-refractivity contribution in [3.63, 3.8) is 0 Å². The number of halogens is 7. The first-order chi connectivity index (χ1) is 24.4. The minimum Gasteiger partial charge on any atom is -0.369 e. The number of fused-ring (bicyclic) bond motifs is 1. The Balaban J connectivity index is 1.25. The summed E-state index contributed by atoms with van der Waals surface area (Å²) in [4.78, 5) is 43.0. The Hall–Kier alpha value is -5.35. The average Bonchev–Trinajstić information content (AvgIpc) is 3.77. The fraction of sp³-hybridized carbons (Fsp3) is 0.371. The highest BCUT2D eigenvalue weighted by Crippen LogP contribution is 2.40. The van der Waals surface area contributed by atoms with Gasteiger partial charge in [-0.25, -0.2) is 19.4 Å². The van der Waals surface area contributed by atoms with Crippen LogP contribution in [0, 0.1) is 11.7 Å². The van der Waals surface area contributed by atoms with Gasteiger partial charge in [0, 0.05) is 37.5 Å². The van der Waals surface area contributed by atoms with Crippen molar-refractivity contribution >= 4 is 17.8 Å². The van der Waals surface area contributed by atoms with E-state index in [1.165, 1.54) is 23.2 Å². The molecule has 274 valence electrons. The Morgan fingerprint density at radius 2 is 1.75 bits per heavy atom. The average molecular weight is 731 g/mol. The van der Waals surface area contributed by atoms with Crippen molar-refractivity contribution in [3.8, 4) is 11.4 Å². The molecule has 2 aromatic carbocycles. The normalized spacial score (nSPS) is 17.7. The highest BCUT2D eigenvalue weighted by atomic mass is 19.4. The highest BCUT2D eigenvalue weighted by molar-refractivity contribution is 6.07. The van der Waals surface area contributed by atoms with Crippen LogP contribution in [0.2, 0.25) is 0 Å². The third-order valence-corrected chi connectivity index (χ3v) is 8.85. The summed E-state index contributed by atoms with van der Waals surface area (Å²) >= 11 is 0. The van der Waals surface area contributed by atoms with Gasteiger partial charge in [0.25, 0.3) is 11.8 Å². The summed E-state index contributed by atoms with van der Waals surface area (Å²) < 4.78 is 97.4. The Labute approximate surface area is 293 Å². The SMILES string of the molecule is CC(C)Cn1cc(-c2ncc3c(n2)CN(C(=O)c2cc(CN4C(=O)[C@@](CCCC(F)(F)F)(c5ccc(F)cc5)N=C4N)ccc2C(F)(F)F)C3)cn1. The summed E-state index contributed by atoms with van der Waals surface area (Å²) in [5, 5.41) is 4.32. The van der Waals surface area contributed by atoms with E-state index in [0.717, 1.165) is 35.2 Å². The van der Waals surface area contributed by atoms with Gasteiger partial charge in [-0.15, -0.1) is 0 Å². The number of hydrogen-bond donors (Lipinski definition) is 1. The van der Waals surface area contributed by atoms with E-state index in [1.807, 2.05) is 13.8 Å².